The standard InChI is InChI=1S/C24H27IN4O3/c1-18(2)28(3)24(30)29(25)14-21-22(31-15-19-10-6-4-7-11-19)23(27-17-26-21)32-16-20-12-8-5-9-13-20/h4-13,17-18H,14-16H2,1-3H3. The van der Waals surface area contributed by atoms with E-state index in [4.69, 9.17) is 9.47 Å². The van der Waals surface area contributed by atoms with E-state index >= 15 is 0 Å². The molecule has 2 amide bonds. The van der Waals surface area contributed by atoms with Gasteiger partial charge in [-0.1, -0.05) is 60.7 Å². The zero-order valence-electron chi connectivity index (χ0n) is 18.4. The fraction of sp³-hybridized carbons (Fsp3) is 0.292. The van der Waals surface area contributed by atoms with Gasteiger partial charge in [-0.3, -0.25) is 3.11 Å². The molecule has 0 saturated carbocycles. The summed E-state index contributed by atoms with van der Waals surface area (Å²) in [4.78, 5) is 23.1. The first-order valence-corrected chi connectivity index (χ1v) is 11.3. The molecule has 0 atom stereocenters. The third-order valence-corrected chi connectivity index (χ3v) is 5.62. The van der Waals surface area contributed by atoms with Gasteiger partial charge in [-0.25, -0.2) is 9.78 Å². The van der Waals surface area contributed by atoms with Crippen molar-refractivity contribution >= 4 is 28.9 Å². The van der Waals surface area contributed by atoms with Gasteiger partial charge in [0.15, 0.2) is 0 Å². The van der Waals surface area contributed by atoms with Crippen molar-refractivity contribution in [3.63, 3.8) is 0 Å². The third kappa shape index (κ3) is 6.56. The number of nitrogens with zero attached hydrogens (tertiary/aromatic N) is 4. The Balaban J connectivity index is 1.83. The first kappa shape index (κ1) is 23.8. The van der Waals surface area contributed by atoms with E-state index in [1.165, 1.54) is 6.33 Å². The minimum Gasteiger partial charge on any atom is -0.482 e. The maximum atomic E-state index is 12.7. The van der Waals surface area contributed by atoms with Crippen LogP contribution in [0.15, 0.2) is 67.0 Å². The molecule has 2 aromatic carbocycles. The number of aromatic nitrogens is 2. The van der Waals surface area contributed by atoms with Crippen LogP contribution in [0.4, 0.5) is 4.79 Å². The summed E-state index contributed by atoms with van der Waals surface area (Å²) in [5, 5.41) is 0. The first-order valence-electron chi connectivity index (χ1n) is 10.3. The van der Waals surface area contributed by atoms with Crippen molar-refractivity contribution in [1.82, 2.24) is 18.0 Å². The molecule has 0 aliphatic heterocycles. The van der Waals surface area contributed by atoms with Gasteiger partial charge < -0.3 is 14.4 Å². The fourth-order valence-corrected chi connectivity index (χ4v) is 3.46. The van der Waals surface area contributed by atoms with Crippen LogP contribution in [0.1, 0.15) is 30.7 Å². The topological polar surface area (TPSA) is 67.8 Å². The van der Waals surface area contributed by atoms with Gasteiger partial charge in [-0.15, -0.1) is 0 Å². The Morgan fingerprint density at radius 2 is 1.50 bits per heavy atom. The van der Waals surface area contributed by atoms with Gasteiger partial charge in [0.2, 0.25) is 5.75 Å². The van der Waals surface area contributed by atoms with Crippen LogP contribution in [-0.2, 0) is 19.8 Å². The number of carbonyl (C=O) groups is 1. The van der Waals surface area contributed by atoms with Crippen molar-refractivity contribution in [3.05, 3.63) is 83.8 Å². The number of ether oxygens (including phenoxy) is 2. The summed E-state index contributed by atoms with van der Waals surface area (Å²) in [7, 11) is 1.78. The number of halogens is 1. The van der Waals surface area contributed by atoms with Crippen LogP contribution in [0, 0.1) is 0 Å². The molecular weight excluding hydrogens is 519 g/mol. The van der Waals surface area contributed by atoms with Crippen molar-refractivity contribution < 1.29 is 14.3 Å². The number of hydrogen-bond acceptors (Lipinski definition) is 5. The van der Waals surface area contributed by atoms with Crippen LogP contribution >= 0.6 is 22.9 Å². The maximum absolute atomic E-state index is 12.7. The van der Waals surface area contributed by atoms with Crippen LogP contribution in [0.5, 0.6) is 11.6 Å². The molecule has 0 aliphatic carbocycles. The molecule has 0 radical (unpaired) electrons. The number of hydrogen-bond donors (Lipinski definition) is 0. The molecular formula is C24H27IN4O3. The smallest absolute Gasteiger partial charge is 0.329 e. The molecule has 0 spiro atoms. The van der Waals surface area contributed by atoms with E-state index < -0.39 is 0 Å². The maximum Gasteiger partial charge on any atom is 0.329 e. The summed E-state index contributed by atoms with van der Waals surface area (Å²) < 4.78 is 13.7. The minimum atomic E-state index is -0.111. The second-order valence-corrected chi connectivity index (χ2v) is 8.68. The lowest BCUT2D eigenvalue weighted by atomic mass is 10.2. The van der Waals surface area contributed by atoms with Crippen molar-refractivity contribution in [2.45, 2.75) is 39.6 Å². The molecule has 7 nitrogen and oxygen atoms in total. The number of carbonyl (C=O) groups excluding carboxylic acids is 1. The molecule has 3 rings (SSSR count). The zero-order chi connectivity index (χ0) is 22.9. The molecule has 0 fully saturated rings. The zero-order valence-corrected chi connectivity index (χ0v) is 20.6. The molecule has 0 bridgehead atoms. The molecule has 0 unspecified atom stereocenters. The molecule has 32 heavy (non-hydrogen) atoms. The normalized spacial score (nSPS) is 10.7. The first-order chi connectivity index (χ1) is 15.5. The highest BCUT2D eigenvalue weighted by atomic mass is 127. The Bertz CT molecular complexity index is 1000. The molecule has 8 heteroatoms. The lowest BCUT2D eigenvalue weighted by Crippen LogP contribution is -2.39. The van der Waals surface area contributed by atoms with Gasteiger partial charge in [-0.2, -0.15) is 4.98 Å². The summed E-state index contributed by atoms with van der Waals surface area (Å²) in [6, 6.07) is 19.7. The van der Waals surface area contributed by atoms with Crippen LogP contribution in [0.25, 0.3) is 0 Å². The van der Waals surface area contributed by atoms with E-state index in [1.54, 1.807) is 15.1 Å². The molecule has 0 aliphatic rings. The van der Waals surface area contributed by atoms with Crippen molar-refractivity contribution in [1.29, 1.82) is 0 Å². The number of amides is 2. The second-order valence-electron chi connectivity index (χ2n) is 7.51. The van der Waals surface area contributed by atoms with Gasteiger partial charge in [0.1, 0.15) is 25.2 Å². The van der Waals surface area contributed by atoms with Gasteiger partial charge in [0, 0.05) is 13.1 Å². The van der Waals surface area contributed by atoms with E-state index in [1.807, 2.05) is 97.4 Å². The highest BCUT2D eigenvalue weighted by Crippen LogP contribution is 2.31. The summed E-state index contributed by atoms with van der Waals surface area (Å²) in [5.41, 5.74) is 2.61. The molecule has 3 aromatic rings. The van der Waals surface area contributed by atoms with Crippen molar-refractivity contribution in [2.75, 3.05) is 7.05 Å². The average Bonchev–Trinajstić information content (AvgIpc) is 2.82. The molecule has 1 aromatic heterocycles. The lowest BCUT2D eigenvalue weighted by Gasteiger charge is -2.26. The van der Waals surface area contributed by atoms with E-state index in [-0.39, 0.29) is 18.6 Å². The number of benzene rings is 2. The highest BCUT2D eigenvalue weighted by Gasteiger charge is 2.22. The minimum absolute atomic E-state index is 0.0868. The predicted molar refractivity (Wildman–Crippen MR) is 131 cm³/mol. The van der Waals surface area contributed by atoms with E-state index in [2.05, 4.69) is 9.97 Å². The largest absolute Gasteiger partial charge is 0.482 e. The Hall–Kier alpha value is -2.88. The van der Waals surface area contributed by atoms with E-state index in [0.717, 1.165) is 11.1 Å². The number of urea groups is 1. The van der Waals surface area contributed by atoms with E-state index in [9.17, 15) is 4.79 Å². The Morgan fingerprint density at radius 3 is 2.06 bits per heavy atom. The predicted octanol–water partition coefficient (Wildman–Crippen LogP) is 5.25. The Kier molecular flexibility index (Phi) is 8.66. The van der Waals surface area contributed by atoms with Gasteiger partial charge in [-0.05, 0) is 25.0 Å². The monoisotopic (exact) mass is 546 g/mol. The third-order valence-electron chi connectivity index (χ3n) is 4.86. The van der Waals surface area contributed by atoms with Crippen LogP contribution in [0.3, 0.4) is 0 Å². The average molecular weight is 546 g/mol. The van der Waals surface area contributed by atoms with Crippen molar-refractivity contribution in [3.8, 4) is 11.6 Å². The highest BCUT2D eigenvalue weighted by molar-refractivity contribution is 14.1. The van der Waals surface area contributed by atoms with Crippen LogP contribution in [0.2, 0.25) is 0 Å². The lowest BCUT2D eigenvalue weighted by molar-refractivity contribution is 0.182. The molecule has 1 heterocycles. The second kappa shape index (κ2) is 11.7. The fourth-order valence-electron chi connectivity index (χ4n) is 2.80. The van der Waals surface area contributed by atoms with Crippen molar-refractivity contribution in [2.24, 2.45) is 0 Å². The van der Waals surface area contributed by atoms with Gasteiger partial charge in [0.25, 0.3) is 5.88 Å². The molecule has 0 N–H and O–H groups in total. The quantitative estimate of drug-likeness (QED) is 0.271. The summed E-state index contributed by atoms with van der Waals surface area (Å²) in [6.45, 7) is 4.88. The molecule has 168 valence electrons. The van der Waals surface area contributed by atoms with Gasteiger partial charge in [0.05, 0.1) is 29.4 Å². The Labute approximate surface area is 202 Å². The summed E-state index contributed by atoms with van der Waals surface area (Å²) in [6.07, 6.45) is 1.44. The SMILES string of the molecule is CC(C)N(C)C(=O)N(I)Cc1ncnc(OCc2ccccc2)c1OCc1ccccc1. The summed E-state index contributed by atoms with van der Waals surface area (Å²) >= 11 is 2.00. The number of rotatable bonds is 9. The van der Waals surface area contributed by atoms with Crippen LogP contribution in [-0.4, -0.2) is 37.1 Å². The van der Waals surface area contributed by atoms with Crippen LogP contribution < -0.4 is 9.47 Å². The van der Waals surface area contributed by atoms with E-state index in [0.29, 0.717) is 30.5 Å². The summed E-state index contributed by atoms with van der Waals surface area (Å²) in [5.74, 6) is 0.790. The molecule has 0 saturated heterocycles. The Morgan fingerprint density at radius 1 is 0.938 bits per heavy atom. The van der Waals surface area contributed by atoms with Gasteiger partial charge >= 0.3 is 6.03 Å².